The van der Waals surface area contributed by atoms with Crippen LogP contribution in [0.4, 0.5) is 5.69 Å². The summed E-state index contributed by atoms with van der Waals surface area (Å²) in [6.45, 7) is 3.03. The maximum Gasteiger partial charge on any atom is 0.101 e. The van der Waals surface area contributed by atoms with Gasteiger partial charge in [-0.3, -0.25) is 0 Å². The number of hydrogen-bond donors (Lipinski definition) is 2. The van der Waals surface area contributed by atoms with Crippen LogP contribution >= 0.6 is 15.9 Å². The molecule has 0 saturated carbocycles. The fourth-order valence-corrected chi connectivity index (χ4v) is 1.73. The fraction of sp³-hybridized carbons (Fsp3) is 0.417. The number of aliphatic hydroxyl groups excluding tert-OH is 1. The van der Waals surface area contributed by atoms with E-state index in [1.54, 1.807) is 6.07 Å². The van der Waals surface area contributed by atoms with Gasteiger partial charge in [-0.25, -0.2) is 0 Å². The van der Waals surface area contributed by atoms with Crippen molar-refractivity contribution in [3.05, 3.63) is 28.2 Å². The van der Waals surface area contributed by atoms with Crippen LogP contribution in [0.1, 0.15) is 18.9 Å². The number of aliphatic hydroxyl groups is 1. The van der Waals surface area contributed by atoms with E-state index in [4.69, 9.17) is 10.4 Å². The van der Waals surface area contributed by atoms with Gasteiger partial charge >= 0.3 is 0 Å². The lowest BCUT2D eigenvalue weighted by atomic mass is 10.1. The van der Waals surface area contributed by atoms with Crippen LogP contribution in [0.2, 0.25) is 0 Å². The van der Waals surface area contributed by atoms with E-state index in [-0.39, 0.29) is 6.61 Å². The van der Waals surface area contributed by atoms with Gasteiger partial charge in [-0.05, 0) is 30.5 Å². The van der Waals surface area contributed by atoms with E-state index in [0.717, 1.165) is 23.1 Å². The van der Waals surface area contributed by atoms with E-state index < -0.39 is 0 Å². The quantitative estimate of drug-likeness (QED) is 0.873. The molecule has 1 unspecified atom stereocenters. The Labute approximate surface area is 104 Å². The van der Waals surface area contributed by atoms with Crippen molar-refractivity contribution in [1.29, 1.82) is 5.26 Å². The van der Waals surface area contributed by atoms with Crippen LogP contribution in [0.25, 0.3) is 0 Å². The summed E-state index contributed by atoms with van der Waals surface area (Å²) in [4.78, 5) is 0. The van der Waals surface area contributed by atoms with Gasteiger partial charge in [-0.1, -0.05) is 22.9 Å². The molecule has 4 heteroatoms. The normalized spacial score (nSPS) is 11.9. The van der Waals surface area contributed by atoms with Gasteiger partial charge in [-0.2, -0.15) is 5.26 Å². The summed E-state index contributed by atoms with van der Waals surface area (Å²) in [7, 11) is 0. The molecule has 0 aliphatic heterocycles. The molecular formula is C12H15BrN2O. The van der Waals surface area contributed by atoms with Crippen LogP contribution in [0.3, 0.4) is 0 Å². The highest BCUT2D eigenvalue weighted by Crippen LogP contribution is 2.20. The molecule has 3 nitrogen and oxygen atoms in total. The number of rotatable bonds is 5. The monoisotopic (exact) mass is 282 g/mol. The molecule has 1 rings (SSSR count). The second kappa shape index (κ2) is 6.51. The summed E-state index contributed by atoms with van der Waals surface area (Å²) in [6.07, 6.45) is 0.769. The highest BCUT2D eigenvalue weighted by Gasteiger charge is 2.05. The average Bonchev–Trinajstić information content (AvgIpc) is 2.27. The first kappa shape index (κ1) is 13.0. The Balaban J connectivity index is 2.64. The third-order valence-corrected chi connectivity index (χ3v) is 2.86. The molecule has 2 N–H and O–H groups in total. The summed E-state index contributed by atoms with van der Waals surface area (Å²) >= 11 is 3.33. The van der Waals surface area contributed by atoms with Crippen molar-refractivity contribution in [3.63, 3.8) is 0 Å². The fourth-order valence-electron chi connectivity index (χ4n) is 1.37. The smallest absolute Gasteiger partial charge is 0.101 e. The minimum Gasteiger partial charge on any atom is -0.396 e. The van der Waals surface area contributed by atoms with Crippen molar-refractivity contribution >= 4 is 21.6 Å². The summed E-state index contributed by atoms with van der Waals surface area (Å²) < 4.78 is 0.901. The first-order valence-corrected chi connectivity index (χ1v) is 6.01. The molecule has 0 aromatic heterocycles. The zero-order valence-corrected chi connectivity index (χ0v) is 10.8. The summed E-state index contributed by atoms with van der Waals surface area (Å²) in [5, 5.41) is 21.0. The molecule has 16 heavy (non-hydrogen) atoms. The van der Waals surface area contributed by atoms with Crippen molar-refractivity contribution in [3.8, 4) is 6.07 Å². The van der Waals surface area contributed by atoms with Crippen molar-refractivity contribution in [1.82, 2.24) is 0 Å². The Hall–Kier alpha value is -1.05. The molecule has 0 aliphatic carbocycles. The van der Waals surface area contributed by atoms with Crippen molar-refractivity contribution in [2.24, 2.45) is 5.92 Å². The molecule has 0 spiro atoms. The number of anilines is 1. The average molecular weight is 283 g/mol. The van der Waals surface area contributed by atoms with Gasteiger partial charge in [-0.15, -0.1) is 0 Å². The Morgan fingerprint density at radius 3 is 2.94 bits per heavy atom. The van der Waals surface area contributed by atoms with Crippen LogP contribution in [-0.4, -0.2) is 18.3 Å². The minimum atomic E-state index is 0.203. The van der Waals surface area contributed by atoms with Crippen molar-refractivity contribution < 1.29 is 5.11 Å². The predicted molar refractivity (Wildman–Crippen MR) is 68.2 cm³/mol. The number of nitrogens with zero attached hydrogens (tertiary/aromatic N) is 1. The van der Waals surface area contributed by atoms with Crippen LogP contribution < -0.4 is 5.32 Å². The van der Waals surface area contributed by atoms with Crippen LogP contribution in [-0.2, 0) is 0 Å². The van der Waals surface area contributed by atoms with Gasteiger partial charge in [0.2, 0.25) is 0 Å². The van der Waals surface area contributed by atoms with Gasteiger partial charge < -0.3 is 10.4 Å². The summed E-state index contributed by atoms with van der Waals surface area (Å²) in [5.41, 5.74) is 1.47. The summed E-state index contributed by atoms with van der Waals surface area (Å²) in [5.74, 6) is 0.389. The number of nitriles is 1. The van der Waals surface area contributed by atoms with E-state index in [9.17, 15) is 0 Å². The maximum absolute atomic E-state index is 8.96. The molecule has 0 saturated heterocycles. The molecule has 0 bridgehead atoms. The number of nitrogens with one attached hydrogen (secondary N) is 1. The second-order valence-electron chi connectivity index (χ2n) is 3.80. The molecule has 86 valence electrons. The van der Waals surface area contributed by atoms with Crippen molar-refractivity contribution in [2.75, 3.05) is 18.5 Å². The minimum absolute atomic E-state index is 0.203. The summed E-state index contributed by atoms with van der Waals surface area (Å²) in [6, 6.07) is 7.73. The molecule has 0 fully saturated rings. The molecule has 0 amide bonds. The molecule has 1 atom stereocenters. The molecule has 0 radical (unpaired) electrons. The Bertz CT molecular complexity index is 387. The highest BCUT2D eigenvalue weighted by molar-refractivity contribution is 9.10. The first-order chi connectivity index (χ1) is 7.67. The number of benzene rings is 1. The van der Waals surface area contributed by atoms with Gasteiger partial charge in [0, 0.05) is 17.6 Å². The van der Waals surface area contributed by atoms with E-state index in [0.29, 0.717) is 11.5 Å². The largest absolute Gasteiger partial charge is 0.396 e. The maximum atomic E-state index is 8.96. The highest BCUT2D eigenvalue weighted by atomic mass is 79.9. The van der Waals surface area contributed by atoms with Gasteiger partial charge in [0.25, 0.3) is 0 Å². The second-order valence-corrected chi connectivity index (χ2v) is 4.72. The van der Waals surface area contributed by atoms with E-state index in [1.807, 2.05) is 12.1 Å². The van der Waals surface area contributed by atoms with Gasteiger partial charge in [0.15, 0.2) is 0 Å². The van der Waals surface area contributed by atoms with Gasteiger partial charge in [0.1, 0.15) is 6.07 Å². The molecule has 0 heterocycles. The third-order valence-electron chi connectivity index (χ3n) is 2.36. The van der Waals surface area contributed by atoms with E-state index in [1.165, 1.54) is 0 Å². The van der Waals surface area contributed by atoms with Crippen molar-refractivity contribution in [2.45, 2.75) is 13.3 Å². The van der Waals surface area contributed by atoms with Crippen LogP contribution in [0.5, 0.6) is 0 Å². The zero-order valence-electron chi connectivity index (χ0n) is 9.20. The topological polar surface area (TPSA) is 56.0 Å². The van der Waals surface area contributed by atoms with E-state index in [2.05, 4.69) is 34.2 Å². The lowest BCUT2D eigenvalue weighted by molar-refractivity contribution is 0.266. The number of halogens is 1. The van der Waals surface area contributed by atoms with Crippen LogP contribution in [0, 0.1) is 17.2 Å². The lowest BCUT2D eigenvalue weighted by Gasteiger charge is -2.13. The first-order valence-electron chi connectivity index (χ1n) is 5.21. The predicted octanol–water partition coefficient (Wildman–Crippen LogP) is 2.75. The molecule has 0 aliphatic rings. The third kappa shape index (κ3) is 3.84. The van der Waals surface area contributed by atoms with E-state index >= 15 is 0 Å². The molecule has 1 aromatic rings. The SMILES string of the molecule is CC(CCO)CNc1ccc(Br)cc1C#N. The molecule has 1 aromatic carbocycles. The Morgan fingerprint density at radius 1 is 1.56 bits per heavy atom. The lowest BCUT2D eigenvalue weighted by Crippen LogP contribution is -2.13. The zero-order chi connectivity index (χ0) is 12.0. The Morgan fingerprint density at radius 2 is 2.31 bits per heavy atom. The number of hydrogen-bond acceptors (Lipinski definition) is 3. The van der Waals surface area contributed by atoms with Crippen LogP contribution in [0.15, 0.2) is 22.7 Å². The standard InChI is InChI=1S/C12H15BrN2O/c1-9(4-5-16)8-15-12-3-2-11(13)6-10(12)7-14/h2-3,6,9,15-16H,4-5,8H2,1H3. The Kier molecular flexibility index (Phi) is 5.30. The van der Waals surface area contributed by atoms with Gasteiger partial charge in [0.05, 0.1) is 11.3 Å². The molecular weight excluding hydrogens is 268 g/mol.